The molecule has 1 amide bonds. The molecule has 0 aliphatic heterocycles. The molecular weight excluding hydrogens is 354 g/mol. The summed E-state index contributed by atoms with van der Waals surface area (Å²) in [5, 5.41) is 2.66. The fraction of sp³-hybridized carbons (Fsp3) is 0.467. The van der Waals surface area contributed by atoms with Gasteiger partial charge in [-0.25, -0.2) is 4.98 Å². The number of alkyl halides is 1. The van der Waals surface area contributed by atoms with Gasteiger partial charge in [-0.1, -0.05) is 22.9 Å². The van der Waals surface area contributed by atoms with E-state index in [1.807, 2.05) is 43.5 Å². The predicted octanol–water partition coefficient (Wildman–Crippen LogP) is 4.19. The van der Waals surface area contributed by atoms with Crippen molar-refractivity contribution in [2.75, 3.05) is 6.54 Å². The zero-order chi connectivity index (χ0) is 15.6. The third kappa shape index (κ3) is 3.40. The summed E-state index contributed by atoms with van der Waals surface area (Å²) in [5.41, 5.74) is 1.75. The molecule has 0 bridgehead atoms. The summed E-state index contributed by atoms with van der Waals surface area (Å²) in [6, 6.07) is 5.49. The number of nitrogens with one attached hydrogen (secondary N) is 1. The second-order valence-electron chi connectivity index (χ2n) is 5.06. The Hall–Kier alpha value is -1.07. The molecule has 4 nitrogen and oxygen atoms in total. The van der Waals surface area contributed by atoms with Crippen LogP contribution in [0, 0.1) is 0 Å². The predicted molar refractivity (Wildman–Crippen MR) is 89.7 cm³/mol. The van der Waals surface area contributed by atoms with Crippen molar-refractivity contribution in [3.05, 3.63) is 28.5 Å². The molecular formula is C15H19BrClN3O. The van der Waals surface area contributed by atoms with Crippen LogP contribution in [0.2, 0.25) is 0 Å². The smallest absolute Gasteiger partial charge is 0.242 e. The number of imidazole rings is 1. The molecule has 1 N–H and O–H groups in total. The van der Waals surface area contributed by atoms with Gasteiger partial charge in [-0.15, -0.1) is 11.6 Å². The molecule has 0 spiro atoms. The van der Waals surface area contributed by atoms with Crippen LogP contribution >= 0.6 is 27.5 Å². The van der Waals surface area contributed by atoms with Crippen LogP contribution in [0.3, 0.4) is 0 Å². The minimum absolute atomic E-state index is 0.0161. The first-order valence-corrected chi connectivity index (χ1v) is 8.27. The average molecular weight is 373 g/mol. The maximum atomic E-state index is 12.3. The Morgan fingerprint density at radius 1 is 1.48 bits per heavy atom. The van der Waals surface area contributed by atoms with E-state index in [9.17, 15) is 4.79 Å². The maximum absolute atomic E-state index is 12.3. The Bertz CT molecular complexity index is 654. The van der Waals surface area contributed by atoms with E-state index in [4.69, 9.17) is 11.6 Å². The Morgan fingerprint density at radius 3 is 2.81 bits per heavy atom. The van der Waals surface area contributed by atoms with E-state index in [0.29, 0.717) is 12.4 Å². The van der Waals surface area contributed by atoms with Crippen LogP contribution in [0.15, 0.2) is 22.7 Å². The number of fused-ring (bicyclic) bond motifs is 1. The minimum Gasteiger partial charge on any atom is -0.354 e. The number of hydrogen-bond donors (Lipinski definition) is 1. The highest BCUT2D eigenvalue weighted by atomic mass is 79.9. The first-order valence-electron chi connectivity index (χ1n) is 7.04. The molecule has 0 radical (unpaired) electrons. The van der Waals surface area contributed by atoms with Crippen LogP contribution in [-0.2, 0) is 4.79 Å². The molecule has 1 aromatic heterocycles. The summed E-state index contributed by atoms with van der Waals surface area (Å²) in [6.45, 7) is 6.44. The molecule has 21 heavy (non-hydrogen) atoms. The van der Waals surface area contributed by atoms with E-state index in [1.54, 1.807) is 0 Å². The number of carbonyl (C=O) groups excluding carboxylic acids is 1. The molecule has 0 fully saturated rings. The third-order valence-electron chi connectivity index (χ3n) is 3.35. The van der Waals surface area contributed by atoms with Crippen LogP contribution in [0.5, 0.6) is 0 Å². The highest BCUT2D eigenvalue weighted by molar-refractivity contribution is 9.10. The van der Waals surface area contributed by atoms with Gasteiger partial charge in [-0.2, -0.15) is 0 Å². The van der Waals surface area contributed by atoms with Crippen LogP contribution < -0.4 is 5.32 Å². The second-order valence-corrected chi connectivity index (χ2v) is 6.63. The Morgan fingerprint density at radius 2 is 2.19 bits per heavy atom. The number of nitrogens with zero attached hydrogens (tertiary/aromatic N) is 2. The molecule has 2 unspecified atom stereocenters. The van der Waals surface area contributed by atoms with Gasteiger partial charge in [0.05, 0.1) is 16.4 Å². The number of rotatable bonds is 5. The van der Waals surface area contributed by atoms with E-state index in [0.717, 1.165) is 21.9 Å². The molecule has 114 valence electrons. The number of benzene rings is 1. The van der Waals surface area contributed by atoms with Gasteiger partial charge in [-0.05, 0) is 38.5 Å². The van der Waals surface area contributed by atoms with Crippen LogP contribution in [0.4, 0.5) is 0 Å². The highest BCUT2D eigenvalue weighted by Crippen LogP contribution is 2.29. The van der Waals surface area contributed by atoms with Crippen LogP contribution in [-0.4, -0.2) is 22.0 Å². The summed E-state index contributed by atoms with van der Waals surface area (Å²) in [6.07, 6.45) is 0.912. The van der Waals surface area contributed by atoms with Gasteiger partial charge in [0.1, 0.15) is 11.9 Å². The summed E-state index contributed by atoms with van der Waals surface area (Å²) in [4.78, 5) is 16.9. The number of hydrogen-bond acceptors (Lipinski definition) is 2. The SMILES string of the molecule is CCCNC(=O)C(C)n1c(C(C)Cl)nc2cc(Br)ccc21. The standard InChI is InChI=1S/C15H19BrClN3O/c1-4-7-18-15(21)10(3)20-13-6-5-11(16)8-12(13)19-14(20)9(2)17/h5-6,8-10H,4,7H2,1-3H3,(H,18,21). The zero-order valence-electron chi connectivity index (χ0n) is 12.4. The van der Waals surface area contributed by atoms with E-state index < -0.39 is 0 Å². The van der Waals surface area contributed by atoms with Gasteiger partial charge in [0.25, 0.3) is 0 Å². The number of carbonyl (C=O) groups is 1. The Kier molecular flexibility index (Phi) is 5.27. The minimum atomic E-state index is -0.348. The van der Waals surface area contributed by atoms with Crippen molar-refractivity contribution in [3.63, 3.8) is 0 Å². The van der Waals surface area contributed by atoms with Gasteiger partial charge in [0, 0.05) is 11.0 Å². The lowest BCUT2D eigenvalue weighted by atomic mass is 10.2. The average Bonchev–Trinajstić information content (AvgIpc) is 2.82. The monoisotopic (exact) mass is 371 g/mol. The molecule has 0 saturated heterocycles. The quantitative estimate of drug-likeness (QED) is 0.800. The highest BCUT2D eigenvalue weighted by Gasteiger charge is 2.23. The van der Waals surface area contributed by atoms with Crippen LogP contribution in [0.1, 0.15) is 44.4 Å². The molecule has 0 aliphatic carbocycles. The Balaban J connectivity index is 2.49. The number of aromatic nitrogens is 2. The summed E-state index contributed by atoms with van der Waals surface area (Å²) >= 11 is 9.69. The van der Waals surface area contributed by atoms with Crippen molar-refractivity contribution in [2.24, 2.45) is 0 Å². The lowest BCUT2D eigenvalue weighted by Gasteiger charge is -2.18. The van der Waals surface area contributed by atoms with E-state index >= 15 is 0 Å². The Labute approximate surface area is 138 Å². The lowest BCUT2D eigenvalue weighted by Crippen LogP contribution is -2.32. The molecule has 0 aliphatic rings. The van der Waals surface area contributed by atoms with Crippen LogP contribution in [0.25, 0.3) is 11.0 Å². The van der Waals surface area contributed by atoms with Gasteiger partial charge in [0.2, 0.25) is 5.91 Å². The van der Waals surface area contributed by atoms with Gasteiger partial charge in [0.15, 0.2) is 0 Å². The van der Waals surface area contributed by atoms with Crippen molar-refractivity contribution >= 4 is 44.5 Å². The lowest BCUT2D eigenvalue weighted by molar-refractivity contribution is -0.123. The second kappa shape index (κ2) is 6.79. The molecule has 0 saturated carbocycles. The maximum Gasteiger partial charge on any atom is 0.242 e. The van der Waals surface area contributed by atoms with Crippen molar-refractivity contribution < 1.29 is 4.79 Å². The third-order valence-corrected chi connectivity index (χ3v) is 4.04. The topological polar surface area (TPSA) is 46.9 Å². The van der Waals surface area contributed by atoms with E-state index in [-0.39, 0.29) is 17.3 Å². The van der Waals surface area contributed by atoms with Crippen molar-refractivity contribution in [3.8, 4) is 0 Å². The zero-order valence-corrected chi connectivity index (χ0v) is 14.7. The van der Waals surface area contributed by atoms with Crippen molar-refractivity contribution in [2.45, 2.75) is 38.6 Å². The number of halogens is 2. The fourth-order valence-electron chi connectivity index (χ4n) is 2.29. The largest absolute Gasteiger partial charge is 0.354 e. The van der Waals surface area contributed by atoms with Crippen molar-refractivity contribution in [1.29, 1.82) is 0 Å². The first kappa shape index (κ1) is 16.3. The summed E-state index contributed by atoms with van der Waals surface area (Å²) in [7, 11) is 0. The normalized spacial score (nSPS) is 14.1. The molecule has 1 heterocycles. The van der Waals surface area contributed by atoms with Gasteiger partial charge < -0.3 is 9.88 Å². The molecule has 2 rings (SSSR count). The van der Waals surface area contributed by atoms with Crippen molar-refractivity contribution in [1.82, 2.24) is 14.9 Å². The number of amides is 1. The van der Waals surface area contributed by atoms with E-state index in [2.05, 4.69) is 26.2 Å². The fourth-order valence-corrected chi connectivity index (χ4v) is 2.79. The van der Waals surface area contributed by atoms with Gasteiger partial charge in [-0.3, -0.25) is 4.79 Å². The molecule has 1 aromatic carbocycles. The summed E-state index contributed by atoms with van der Waals surface area (Å²) in [5.74, 6) is 0.696. The molecule has 6 heteroatoms. The summed E-state index contributed by atoms with van der Waals surface area (Å²) < 4.78 is 2.88. The first-order chi connectivity index (χ1) is 9.95. The van der Waals surface area contributed by atoms with E-state index in [1.165, 1.54) is 0 Å². The van der Waals surface area contributed by atoms with Gasteiger partial charge >= 0.3 is 0 Å². The molecule has 2 aromatic rings. The molecule has 2 atom stereocenters.